The van der Waals surface area contributed by atoms with Crippen molar-refractivity contribution in [1.82, 2.24) is 15.6 Å². The fourth-order valence-electron chi connectivity index (χ4n) is 2.71. The minimum Gasteiger partial charge on any atom is -0.352 e. The van der Waals surface area contributed by atoms with Crippen LogP contribution in [0.5, 0.6) is 0 Å². The highest BCUT2D eigenvalue weighted by molar-refractivity contribution is 7.86. The number of carbonyl (C=O) groups is 1. The van der Waals surface area contributed by atoms with Crippen LogP contribution in [0.15, 0.2) is 52.6 Å². The SMILES string of the molecule is CNCCCCCCNC(=O)c1ccc(N/N=C/c2ccccc2S(=O)(=O)ON)nc1. The van der Waals surface area contributed by atoms with Gasteiger partial charge < -0.3 is 10.6 Å². The number of aromatic nitrogens is 1. The second-order valence-electron chi connectivity index (χ2n) is 6.66. The number of nitrogens with one attached hydrogen (secondary N) is 3. The van der Waals surface area contributed by atoms with E-state index in [1.54, 1.807) is 30.3 Å². The van der Waals surface area contributed by atoms with Crippen molar-refractivity contribution in [3.05, 3.63) is 53.7 Å². The molecule has 0 atom stereocenters. The lowest BCUT2D eigenvalue weighted by Gasteiger charge is -2.06. The molecule has 1 aromatic heterocycles. The van der Waals surface area contributed by atoms with Crippen LogP contribution in [0, 0.1) is 0 Å². The number of hydrogen-bond acceptors (Lipinski definition) is 9. The molecular weight excluding hydrogens is 420 g/mol. The van der Waals surface area contributed by atoms with Gasteiger partial charge in [0.05, 0.1) is 11.8 Å². The summed E-state index contributed by atoms with van der Waals surface area (Å²) in [6, 6.07) is 9.36. The molecule has 5 N–H and O–H groups in total. The van der Waals surface area contributed by atoms with Gasteiger partial charge in [-0.3, -0.25) is 10.2 Å². The van der Waals surface area contributed by atoms with Crippen LogP contribution in [0.2, 0.25) is 0 Å². The van der Waals surface area contributed by atoms with Crippen LogP contribution in [-0.4, -0.2) is 45.7 Å². The number of anilines is 1. The van der Waals surface area contributed by atoms with Crippen molar-refractivity contribution in [1.29, 1.82) is 0 Å². The van der Waals surface area contributed by atoms with Crippen molar-refractivity contribution in [2.45, 2.75) is 30.6 Å². The van der Waals surface area contributed by atoms with Gasteiger partial charge >= 0.3 is 10.1 Å². The summed E-state index contributed by atoms with van der Waals surface area (Å²) in [5.41, 5.74) is 3.43. The predicted octanol–water partition coefficient (Wildman–Crippen LogP) is 1.62. The Balaban J connectivity index is 1.85. The molecule has 1 heterocycles. The maximum atomic E-state index is 12.2. The maximum absolute atomic E-state index is 12.2. The van der Waals surface area contributed by atoms with Gasteiger partial charge in [0.1, 0.15) is 10.7 Å². The van der Waals surface area contributed by atoms with E-state index in [1.807, 2.05) is 7.05 Å². The van der Waals surface area contributed by atoms with Crippen LogP contribution >= 0.6 is 0 Å². The van der Waals surface area contributed by atoms with Gasteiger partial charge in [0.15, 0.2) is 0 Å². The lowest BCUT2D eigenvalue weighted by molar-refractivity contribution is 0.0952. The van der Waals surface area contributed by atoms with E-state index in [0.29, 0.717) is 23.5 Å². The van der Waals surface area contributed by atoms with E-state index in [4.69, 9.17) is 5.90 Å². The molecule has 0 fully saturated rings. The predicted molar refractivity (Wildman–Crippen MR) is 119 cm³/mol. The zero-order chi connectivity index (χ0) is 22.5. The summed E-state index contributed by atoms with van der Waals surface area (Å²) >= 11 is 0. The lowest BCUT2D eigenvalue weighted by atomic mass is 10.2. The second kappa shape index (κ2) is 12.7. The molecule has 168 valence electrons. The number of rotatable bonds is 13. The molecule has 0 saturated carbocycles. The topological polar surface area (TPSA) is 148 Å². The number of carbonyl (C=O) groups excluding carboxylic acids is 1. The Morgan fingerprint density at radius 3 is 2.55 bits per heavy atom. The zero-order valence-electron chi connectivity index (χ0n) is 17.4. The molecule has 0 aliphatic rings. The minimum atomic E-state index is -4.06. The van der Waals surface area contributed by atoms with Gasteiger partial charge in [-0.05, 0) is 44.6 Å². The Labute approximate surface area is 182 Å². The molecule has 10 nitrogen and oxygen atoms in total. The molecule has 0 aliphatic carbocycles. The largest absolute Gasteiger partial charge is 0.352 e. The first-order valence-electron chi connectivity index (χ1n) is 9.88. The summed E-state index contributed by atoms with van der Waals surface area (Å²) in [6.07, 6.45) is 7.03. The fourth-order valence-corrected chi connectivity index (χ4v) is 3.47. The van der Waals surface area contributed by atoms with Gasteiger partial charge in [-0.15, -0.1) is 0 Å². The first-order valence-corrected chi connectivity index (χ1v) is 11.3. The van der Waals surface area contributed by atoms with Crippen LogP contribution < -0.4 is 22.0 Å². The van der Waals surface area contributed by atoms with E-state index in [1.165, 1.54) is 18.5 Å². The molecule has 2 aromatic rings. The van der Waals surface area contributed by atoms with Crippen molar-refractivity contribution in [3.8, 4) is 0 Å². The molecule has 31 heavy (non-hydrogen) atoms. The van der Waals surface area contributed by atoms with E-state index in [9.17, 15) is 13.2 Å². The number of hydrazone groups is 1. The van der Waals surface area contributed by atoms with Gasteiger partial charge in [-0.2, -0.15) is 23.7 Å². The summed E-state index contributed by atoms with van der Waals surface area (Å²) in [6.45, 7) is 1.63. The molecule has 0 unspecified atom stereocenters. The number of hydrogen-bond donors (Lipinski definition) is 4. The van der Waals surface area contributed by atoms with Gasteiger partial charge in [0, 0.05) is 18.3 Å². The first-order chi connectivity index (χ1) is 15.0. The average molecular weight is 449 g/mol. The van der Waals surface area contributed by atoms with E-state index in [0.717, 1.165) is 32.2 Å². The second-order valence-corrected chi connectivity index (χ2v) is 8.20. The van der Waals surface area contributed by atoms with Gasteiger partial charge in [-0.1, -0.05) is 31.0 Å². The molecular formula is C20H28N6O4S. The van der Waals surface area contributed by atoms with Gasteiger partial charge in [0.25, 0.3) is 5.91 Å². The number of pyridine rings is 1. The van der Waals surface area contributed by atoms with E-state index < -0.39 is 10.1 Å². The number of nitrogens with zero attached hydrogens (tertiary/aromatic N) is 2. The lowest BCUT2D eigenvalue weighted by Crippen LogP contribution is -2.24. The Morgan fingerprint density at radius 2 is 1.87 bits per heavy atom. The minimum absolute atomic E-state index is 0.106. The van der Waals surface area contributed by atoms with Gasteiger partial charge in [-0.25, -0.2) is 4.98 Å². The van der Waals surface area contributed by atoms with Crippen LogP contribution in [0.1, 0.15) is 41.6 Å². The molecule has 11 heteroatoms. The highest BCUT2D eigenvalue weighted by Gasteiger charge is 2.17. The Bertz CT molecular complexity index is 964. The smallest absolute Gasteiger partial charge is 0.313 e. The molecule has 2 rings (SSSR count). The van der Waals surface area contributed by atoms with Crippen molar-refractivity contribution in [3.63, 3.8) is 0 Å². The number of nitrogens with two attached hydrogens (primary N) is 1. The van der Waals surface area contributed by atoms with Crippen LogP contribution in [0.3, 0.4) is 0 Å². The number of benzene rings is 1. The maximum Gasteiger partial charge on any atom is 0.313 e. The van der Waals surface area contributed by atoms with Crippen molar-refractivity contribution >= 4 is 28.1 Å². The monoisotopic (exact) mass is 448 g/mol. The summed E-state index contributed by atoms with van der Waals surface area (Å²) in [7, 11) is -2.12. The van der Waals surface area contributed by atoms with Crippen molar-refractivity contribution in [2.24, 2.45) is 11.0 Å². The zero-order valence-corrected chi connectivity index (χ0v) is 18.2. The third-order valence-corrected chi connectivity index (χ3v) is 5.53. The summed E-state index contributed by atoms with van der Waals surface area (Å²) in [4.78, 5) is 16.2. The van der Waals surface area contributed by atoms with E-state index in [2.05, 4.69) is 30.4 Å². The van der Waals surface area contributed by atoms with E-state index >= 15 is 0 Å². The van der Waals surface area contributed by atoms with Crippen molar-refractivity contribution < 1.29 is 17.5 Å². The quantitative estimate of drug-likeness (QED) is 0.205. The molecule has 0 spiro atoms. The fraction of sp³-hybridized carbons (Fsp3) is 0.350. The molecule has 1 amide bonds. The summed E-state index contributed by atoms with van der Waals surface area (Å²) in [5, 5.41) is 9.97. The summed E-state index contributed by atoms with van der Waals surface area (Å²) in [5.74, 6) is 5.05. The Hall–Kier alpha value is -2.86. The van der Waals surface area contributed by atoms with E-state index in [-0.39, 0.29) is 10.8 Å². The highest BCUT2D eigenvalue weighted by Crippen LogP contribution is 2.15. The summed E-state index contributed by atoms with van der Waals surface area (Å²) < 4.78 is 27.7. The number of unbranched alkanes of at least 4 members (excludes halogenated alkanes) is 3. The van der Waals surface area contributed by atoms with Crippen LogP contribution in [0.25, 0.3) is 0 Å². The van der Waals surface area contributed by atoms with Crippen LogP contribution in [0.4, 0.5) is 5.82 Å². The number of amides is 1. The third-order valence-electron chi connectivity index (χ3n) is 4.36. The Morgan fingerprint density at radius 1 is 1.13 bits per heavy atom. The highest BCUT2D eigenvalue weighted by atomic mass is 32.2. The molecule has 0 aliphatic heterocycles. The average Bonchev–Trinajstić information content (AvgIpc) is 2.79. The first kappa shape index (κ1) is 24.4. The Kier molecular flexibility index (Phi) is 10.0. The normalized spacial score (nSPS) is 11.5. The molecule has 0 saturated heterocycles. The van der Waals surface area contributed by atoms with Crippen molar-refractivity contribution in [2.75, 3.05) is 25.6 Å². The van der Waals surface area contributed by atoms with Gasteiger partial charge in [0.2, 0.25) is 0 Å². The molecule has 1 aromatic carbocycles. The van der Waals surface area contributed by atoms with Crippen LogP contribution in [-0.2, 0) is 14.4 Å². The third kappa shape index (κ3) is 8.06. The standard InChI is InChI=1S/C20H28N6O4S/c1-22-12-6-2-3-7-13-23-20(27)17-10-11-19(24-14-17)26-25-15-16-8-4-5-9-18(16)31(28,29)30-21/h4-5,8-11,14-15,22H,2-3,6-7,12-13,21H2,1H3,(H,23,27)(H,24,26)/b25-15+. The molecule has 0 radical (unpaired) electrons. The molecule has 0 bridgehead atoms.